The molecule has 0 bridgehead atoms. The van der Waals surface area contributed by atoms with E-state index in [1.807, 2.05) is 35.7 Å². The number of carbonyl (C=O) groups excluding carboxylic acids is 1. The van der Waals surface area contributed by atoms with Crippen molar-refractivity contribution in [1.82, 2.24) is 0 Å². The van der Waals surface area contributed by atoms with Gasteiger partial charge in [0.2, 0.25) is 0 Å². The van der Waals surface area contributed by atoms with Crippen LogP contribution in [-0.4, -0.2) is 17.9 Å². The van der Waals surface area contributed by atoms with Crippen molar-refractivity contribution in [3.63, 3.8) is 0 Å². The van der Waals surface area contributed by atoms with Crippen LogP contribution in [0.5, 0.6) is 0 Å². The second-order valence-corrected chi connectivity index (χ2v) is 5.76. The normalized spacial score (nSPS) is 10.3. The van der Waals surface area contributed by atoms with Gasteiger partial charge in [0.25, 0.3) is 5.91 Å². The van der Waals surface area contributed by atoms with Crippen LogP contribution in [-0.2, 0) is 6.42 Å². The maximum Gasteiger partial charge on any atom is 0.268 e. The Bertz CT molecular complexity index is 632. The lowest BCUT2D eigenvalue weighted by Gasteiger charge is -2.17. The zero-order valence-electron chi connectivity index (χ0n) is 11.4. The van der Waals surface area contributed by atoms with Crippen molar-refractivity contribution < 1.29 is 4.79 Å². The molecule has 0 radical (unpaired) electrons. The maximum atomic E-state index is 12.5. The summed E-state index contributed by atoms with van der Waals surface area (Å²) < 4.78 is 0. The minimum absolute atomic E-state index is 0.0138. The third-order valence-electron chi connectivity index (χ3n) is 3.17. The Morgan fingerprint density at radius 1 is 1.30 bits per heavy atom. The van der Waals surface area contributed by atoms with Crippen molar-refractivity contribution in [2.24, 2.45) is 5.73 Å². The molecule has 104 valence electrons. The second kappa shape index (κ2) is 6.15. The second-order valence-electron chi connectivity index (χ2n) is 4.40. The molecule has 0 saturated heterocycles. The number of carbonyl (C=O) groups is 1. The zero-order chi connectivity index (χ0) is 14.7. The van der Waals surface area contributed by atoms with Crippen LogP contribution in [0, 0.1) is 0 Å². The van der Waals surface area contributed by atoms with Gasteiger partial charge in [-0.05, 0) is 47.7 Å². The first-order chi connectivity index (χ1) is 9.54. The predicted molar refractivity (Wildman–Crippen MR) is 88.8 cm³/mol. The van der Waals surface area contributed by atoms with Gasteiger partial charge >= 0.3 is 0 Å². The van der Waals surface area contributed by atoms with E-state index >= 15 is 0 Å². The van der Waals surface area contributed by atoms with Crippen LogP contribution in [0.15, 0.2) is 35.7 Å². The van der Waals surface area contributed by atoms with E-state index in [1.165, 1.54) is 11.3 Å². The summed E-state index contributed by atoms with van der Waals surface area (Å²) in [5.74, 6) is 0.0138. The van der Waals surface area contributed by atoms with Gasteiger partial charge in [-0.15, -0.1) is 11.3 Å². The molecular weight excluding hydrogens is 288 g/mol. The third kappa shape index (κ3) is 2.89. The molecule has 0 saturated carbocycles. The fraction of sp³-hybridized carbons (Fsp3) is 0.200. The highest BCUT2D eigenvalue weighted by Gasteiger charge is 2.17. The molecule has 3 nitrogen and oxygen atoms in total. The molecule has 0 fully saturated rings. The van der Waals surface area contributed by atoms with Gasteiger partial charge in [-0.25, -0.2) is 0 Å². The van der Waals surface area contributed by atoms with Crippen molar-refractivity contribution in [3.8, 4) is 0 Å². The molecule has 0 atom stereocenters. The van der Waals surface area contributed by atoms with Crippen LogP contribution in [0.2, 0.25) is 0 Å². The number of hydrogen-bond donors (Lipinski definition) is 1. The molecule has 1 aromatic heterocycles. The summed E-state index contributed by atoms with van der Waals surface area (Å²) in [6.07, 6.45) is 0.860. The molecule has 2 N–H and O–H groups in total. The number of benzene rings is 1. The number of thiophene rings is 1. The average molecular weight is 304 g/mol. The van der Waals surface area contributed by atoms with Crippen LogP contribution in [0.25, 0.3) is 0 Å². The first-order valence-electron chi connectivity index (χ1n) is 6.29. The molecule has 5 heteroatoms. The Morgan fingerprint density at radius 2 is 1.95 bits per heavy atom. The maximum absolute atomic E-state index is 12.5. The number of hydrogen-bond acceptors (Lipinski definition) is 3. The van der Waals surface area contributed by atoms with E-state index in [2.05, 4.69) is 6.92 Å². The van der Waals surface area contributed by atoms with Crippen molar-refractivity contribution in [2.45, 2.75) is 13.3 Å². The first-order valence-corrected chi connectivity index (χ1v) is 7.57. The van der Waals surface area contributed by atoms with Crippen LogP contribution in [0.4, 0.5) is 5.69 Å². The Morgan fingerprint density at radius 3 is 2.50 bits per heavy atom. The van der Waals surface area contributed by atoms with E-state index in [9.17, 15) is 4.79 Å². The van der Waals surface area contributed by atoms with Gasteiger partial charge in [-0.3, -0.25) is 4.79 Å². The van der Waals surface area contributed by atoms with Gasteiger partial charge < -0.3 is 10.6 Å². The van der Waals surface area contributed by atoms with Crippen LogP contribution in [0.3, 0.4) is 0 Å². The lowest BCUT2D eigenvalue weighted by atomic mass is 10.1. The number of nitrogens with two attached hydrogens (primary N) is 1. The molecule has 20 heavy (non-hydrogen) atoms. The van der Waals surface area contributed by atoms with Crippen molar-refractivity contribution in [3.05, 3.63) is 51.7 Å². The van der Waals surface area contributed by atoms with Gasteiger partial charge in [0.1, 0.15) is 4.99 Å². The summed E-state index contributed by atoms with van der Waals surface area (Å²) in [5.41, 5.74) is 8.28. The molecule has 1 amide bonds. The Hall–Kier alpha value is -1.72. The number of thiocarbonyl (C=S) groups is 1. The van der Waals surface area contributed by atoms with Crippen LogP contribution >= 0.6 is 23.6 Å². The van der Waals surface area contributed by atoms with Gasteiger partial charge in [-0.2, -0.15) is 0 Å². The van der Waals surface area contributed by atoms with Crippen molar-refractivity contribution >= 4 is 40.1 Å². The molecule has 1 heterocycles. The summed E-state index contributed by atoms with van der Waals surface area (Å²) in [6.45, 7) is 2.05. The van der Waals surface area contributed by atoms with E-state index < -0.39 is 0 Å². The fourth-order valence-electron chi connectivity index (χ4n) is 1.92. The third-order valence-corrected chi connectivity index (χ3v) is 4.35. The summed E-state index contributed by atoms with van der Waals surface area (Å²) >= 11 is 6.40. The SMILES string of the molecule is CCc1ccsc1C(=O)N(C)c1ccc(C(N)=S)cc1. The fourth-order valence-corrected chi connectivity index (χ4v) is 3.03. The molecule has 2 rings (SSSR count). The predicted octanol–water partition coefficient (Wildman–Crippen LogP) is 3.22. The minimum Gasteiger partial charge on any atom is -0.389 e. The number of aryl methyl sites for hydroxylation is 1. The number of rotatable bonds is 4. The minimum atomic E-state index is 0.0138. The molecular formula is C15H16N2OS2. The van der Waals surface area contributed by atoms with Crippen molar-refractivity contribution in [1.29, 1.82) is 0 Å². The molecule has 0 aliphatic carbocycles. The summed E-state index contributed by atoms with van der Waals surface area (Å²) in [5, 5.41) is 1.95. The monoisotopic (exact) mass is 304 g/mol. The zero-order valence-corrected chi connectivity index (χ0v) is 13.1. The Kier molecular flexibility index (Phi) is 4.52. The summed E-state index contributed by atoms with van der Waals surface area (Å²) in [4.78, 5) is 15.3. The summed E-state index contributed by atoms with van der Waals surface area (Å²) in [6, 6.07) is 9.37. The van der Waals surface area contributed by atoms with Crippen molar-refractivity contribution in [2.75, 3.05) is 11.9 Å². The number of amides is 1. The van der Waals surface area contributed by atoms with Crippen LogP contribution < -0.4 is 10.6 Å². The Balaban J connectivity index is 2.24. The van der Waals surface area contributed by atoms with Gasteiger partial charge in [0.15, 0.2) is 0 Å². The molecule has 0 aliphatic heterocycles. The number of nitrogens with zero attached hydrogens (tertiary/aromatic N) is 1. The number of anilines is 1. The first kappa shape index (κ1) is 14.7. The highest BCUT2D eigenvalue weighted by molar-refractivity contribution is 7.80. The highest BCUT2D eigenvalue weighted by atomic mass is 32.1. The van der Waals surface area contributed by atoms with E-state index in [-0.39, 0.29) is 5.91 Å². The van der Waals surface area contributed by atoms with E-state index in [1.54, 1.807) is 11.9 Å². The van der Waals surface area contributed by atoms with Crippen LogP contribution in [0.1, 0.15) is 27.7 Å². The van der Waals surface area contributed by atoms with Gasteiger partial charge in [0, 0.05) is 18.3 Å². The summed E-state index contributed by atoms with van der Waals surface area (Å²) in [7, 11) is 1.78. The molecule has 0 spiro atoms. The molecule has 0 aliphatic rings. The molecule has 2 aromatic rings. The quantitative estimate of drug-likeness (QED) is 0.882. The highest BCUT2D eigenvalue weighted by Crippen LogP contribution is 2.22. The lowest BCUT2D eigenvalue weighted by Crippen LogP contribution is -2.26. The standard InChI is InChI=1S/C15H16N2OS2/c1-3-10-8-9-20-13(10)15(18)17(2)12-6-4-11(5-7-12)14(16)19/h4-9H,3H2,1-2H3,(H2,16,19). The van der Waals surface area contributed by atoms with Gasteiger partial charge in [0.05, 0.1) is 4.88 Å². The van der Waals surface area contributed by atoms with E-state index in [0.29, 0.717) is 4.99 Å². The largest absolute Gasteiger partial charge is 0.389 e. The molecule has 1 aromatic carbocycles. The van der Waals surface area contributed by atoms with E-state index in [4.69, 9.17) is 18.0 Å². The lowest BCUT2D eigenvalue weighted by molar-refractivity contribution is 0.0996. The topological polar surface area (TPSA) is 46.3 Å². The molecule has 0 unspecified atom stereocenters. The van der Waals surface area contributed by atoms with E-state index in [0.717, 1.165) is 28.1 Å². The smallest absolute Gasteiger partial charge is 0.268 e. The average Bonchev–Trinajstić information content (AvgIpc) is 2.94. The Labute approximate surface area is 128 Å². The van der Waals surface area contributed by atoms with Gasteiger partial charge in [-0.1, -0.05) is 19.1 Å².